The van der Waals surface area contributed by atoms with Gasteiger partial charge in [-0.25, -0.2) is 4.98 Å². The molecule has 2 aliphatic rings. The predicted octanol–water partition coefficient (Wildman–Crippen LogP) is 4.20. The zero-order valence-electron chi connectivity index (χ0n) is 20.5. The Bertz CT molecular complexity index is 1490. The van der Waals surface area contributed by atoms with Gasteiger partial charge in [-0.3, -0.25) is 19.2 Å². The van der Waals surface area contributed by atoms with Gasteiger partial charge in [0.1, 0.15) is 5.54 Å². The molecule has 2 saturated heterocycles. The van der Waals surface area contributed by atoms with Crippen molar-refractivity contribution in [2.45, 2.75) is 37.0 Å². The summed E-state index contributed by atoms with van der Waals surface area (Å²) in [6.45, 7) is 0.626. The molecule has 9 nitrogen and oxygen atoms in total. The van der Waals surface area contributed by atoms with Gasteiger partial charge in [0.15, 0.2) is 0 Å². The molecule has 0 unspecified atom stereocenters. The Morgan fingerprint density at radius 2 is 1.89 bits per heavy atom. The molecular formula is C26H25F3N8O. The molecule has 2 aliphatic heterocycles. The lowest BCUT2D eigenvalue weighted by Crippen LogP contribution is -2.64. The van der Waals surface area contributed by atoms with E-state index in [1.807, 2.05) is 29.1 Å². The van der Waals surface area contributed by atoms with Crippen LogP contribution < -0.4 is 0 Å². The van der Waals surface area contributed by atoms with E-state index in [9.17, 15) is 18.4 Å². The van der Waals surface area contributed by atoms with Gasteiger partial charge in [0.25, 0.3) is 0 Å². The van der Waals surface area contributed by atoms with Gasteiger partial charge in [0.2, 0.25) is 0 Å². The molecule has 196 valence electrons. The Morgan fingerprint density at radius 3 is 2.66 bits per heavy atom. The third-order valence-electron chi connectivity index (χ3n) is 7.25. The largest absolute Gasteiger partial charge is 0.401 e. The van der Waals surface area contributed by atoms with Crippen molar-refractivity contribution in [3.8, 4) is 28.6 Å². The van der Waals surface area contributed by atoms with Crippen LogP contribution in [0.4, 0.5) is 13.2 Å². The lowest BCUT2D eigenvalue weighted by atomic mass is 9.87. The smallest absolute Gasteiger partial charge is 0.381 e. The molecule has 0 N–H and O–H groups in total. The molecule has 12 heteroatoms. The minimum Gasteiger partial charge on any atom is -0.381 e. The number of hydrogen-bond acceptors (Lipinski definition) is 7. The summed E-state index contributed by atoms with van der Waals surface area (Å²) in [6.07, 6.45) is 6.51. The Kier molecular flexibility index (Phi) is 6.12. The Hall–Kier alpha value is -3.82. The number of nitriles is 1. The van der Waals surface area contributed by atoms with Crippen LogP contribution in [0.3, 0.4) is 0 Å². The quantitative estimate of drug-likeness (QED) is 0.374. The van der Waals surface area contributed by atoms with E-state index >= 15 is 0 Å². The van der Waals surface area contributed by atoms with E-state index in [0.717, 1.165) is 29.3 Å². The number of nitrogens with zero attached hydrogens (tertiary/aromatic N) is 8. The lowest BCUT2D eigenvalue weighted by molar-refractivity contribution is -0.167. The van der Waals surface area contributed by atoms with Crippen molar-refractivity contribution in [2.75, 3.05) is 32.8 Å². The number of halogens is 3. The molecule has 38 heavy (non-hydrogen) atoms. The first-order chi connectivity index (χ1) is 18.3. The number of fused-ring (bicyclic) bond motifs is 1. The first-order valence-corrected chi connectivity index (χ1v) is 12.4. The van der Waals surface area contributed by atoms with Crippen molar-refractivity contribution < 1.29 is 17.9 Å². The zero-order valence-corrected chi connectivity index (χ0v) is 20.5. The van der Waals surface area contributed by atoms with Crippen molar-refractivity contribution in [3.05, 3.63) is 49.2 Å². The van der Waals surface area contributed by atoms with Crippen LogP contribution in [0.25, 0.3) is 33.4 Å². The van der Waals surface area contributed by atoms with E-state index in [-0.39, 0.29) is 25.6 Å². The molecule has 0 aromatic carbocycles. The molecule has 6 heterocycles. The molecule has 0 spiro atoms. The lowest BCUT2D eigenvalue weighted by Gasteiger charge is -2.49. The van der Waals surface area contributed by atoms with Gasteiger partial charge >= 0.3 is 6.18 Å². The van der Waals surface area contributed by atoms with Gasteiger partial charge < -0.3 is 4.74 Å². The average Bonchev–Trinajstić information content (AvgIpc) is 3.57. The number of likely N-dealkylation sites (tertiary alicyclic amines) is 1. The third-order valence-corrected chi connectivity index (χ3v) is 7.25. The Labute approximate surface area is 216 Å². The highest BCUT2D eigenvalue weighted by molar-refractivity contribution is 5.94. The highest BCUT2D eigenvalue weighted by Crippen LogP contribution is 2.37. The van der Waals surface area contributed by atoms with Gasteiger partial charge in [-0.1, -0.05) is 0 Å². The molecule has 0 saturated carbocycles. The fourth-order valence-corrected chi connectivity index (χ4v) is 5.40. The molecule has 4 aromatic rings. The molecular weight excluding hydrogens is 497 g/mol. The highest BCUT2D eigenvalue weighted by atomic mass is 19.4. The summed E-state index contributed by atoms with van der Waals surface area (Å²) in [7, 11) is 0. The second-order valence-electron chi connectivity index (χ2n) is 9.97. The van der Waals surface area contributed by atoms with Crippen LogP contribution in [0, 0.1) is 11.3 Å². The maximum Gasteiger partial charge on any atom is 0.401 e. The minimum atomic E-state index is -4.29. The van der Waals surface area contributed by atoms with Crippen LogP contribution in [-0.4, -0.2) is 73.5 Å². The van der Waals surface area contributed by atoms with Gasteiger partial charge in [-0.15, -0.1) is 0 Å². The summed E-state index contributed by atoms with van der Waals surface area (Å²) in [5.41, 5.74) is 2.88. The molecule has 4 aromatic heterocycles. The highest BCUT2D eigenvalue weighted by Gasteiger charge is 2.48. The predicted molar refractivity (Wildman–Crippen MR) is 132 cm³/mol. The second-order valence-corrected chi connectivity index (χ2v) is 9.97. The molecule has 0 aliphatic carbocycles. The summed E-state index contributed by atoms with van der Waals surface area (Å²) >= 11 is 0. The Morgan fingerprint density at radius 1 is 1.11 bits per heavy atom. The number of aromatic nitrogens is 6. The summed E-state index contributed by atoms with van der Waals surface area (Å²) in [5, 5.41) is 19.3. The standard InChI is InChI=1S/C26H25F3N8O/c27-26(28,29)17-35-15-25(16-35,5-6-30)37-14-19(12-33-37)24-21-2-1-7-31-23(21)10-22(34-24)18-11-32-36(13-18)20-3-8-38-9-4-20/h1-2,7,10-14,20H,3-5,8-9,15-17H2. The summed E-state index contributed by atoms with van der Waals surface area (Å²) in [6, 6.07) is 8.08. The second kappa shape index (κ2) is 9.49. The van der Waals surface area contributed by atoms with Gasteiger partial charge in [0.05, 0.1) is 54.4 Å². The maximum absolute atomic E-state index is 12.9. The average molecular weight is 523 g/mol. The van der Waals surface area contributed by atoms with E-state index in [2.05, 4.69) is 21.3 Å². The molecule has 0 radical (unpaired) electrons. The van der Waals surface area contributed by atoms with E-state index in [1.165, 1.54) is 4.90 Å². The van der Waals surface area contributed by atoms with Crippen LogP contribution in [0.15, 0.2) is 49.2 Å². The minimum absolute atomic E-state index is 0.0592. The Balaban J connectivity index is 1.34. The number of pyridine rings is 2. The summed E-state index contributed by atoms with van der Waals surface area (Å²) in [4.78, 5) is 10.8. The van der Waals surface area contributed by atoms with Crippen LogP contribution in [0.5, 0.6) is 0 Å². The maximum atomic E-state index is 12.9. The van der Waals surface area contributed by atoms with Crippen molar-refractivity contribution in [1.82, 2.24) is 34.4 Å². The van der Waals surface area contributed by atoms with E-state index < -0.39 is 18.3 Å². The third kappa shape index (κ3) is 4.63. The van der Waals surface area contributed by atoms with Gasteiger partial charge in [-0.2, -0.15) is 28.6 Å². The summed E-state index contributed by atoms with van der Waals surface area (Å²) < 4.78 is 47.7. The molecule has 0 bridgehead atoms. The molecule has 2 fully saturated rings. The first kappa shape index (κ1) is 24.5. The summed E-state index contributed by atoms with van der Waals surface area (Å²) in [5.74, 6) is 0. The van der Waals surface area contributed by atoms with Crippen molar-refractivity contribution >= 4 is 10.9 Å². The van der Waals surface area contributed by atoms with Gasteiger partial charge in [0, 0.05) is 61.4 Å². The van der Waals surface area contributed by atoms with Crippen LogP contribution in [0.1, 0.15) is 25.3 Å². The fraction of sp³-hybridized carbons (Fsp3) is 0.423. The fourth-order valence-electron chi connectivity index (χ4n) is 5.40. The van der Waals surface area contributed by atoms with Crippen molar-refractivity contribution in [2.24, 2.45) is 0 Å². The number of alkyl halides is 3. The molecule has 0 amide bonds. The van der Waals surface area contributed by atoms with Crippen LogP contribution in [0.2, 0.25) is 0 Å². The first-order valence-electron chi connectivity index (χ1n) is 12.4. The normalized spacial score (nSPS) is 18.4. The van der Waals surface area contributed by atoms with Crippen molar-refractivity contribution in [3.63, 3.8) is 0 Å². The van der Waals surface area contributed by atoms with Crippen molar-refractivity contribution in [1.29, 1.82) is 5.26 Å². The number of rotatable bonds is 6. The van der Waals surface area contributed by atoms with E-state index in [1.54, 1.807) is 29.5 Å². The monoisotopic (exact) mass is 522 g/mol. The number of hydrogen-bond donors (Lipinski definition) is 0. The van der Waals surface area contributed by atoms with Crippen LogP contribution in [-0.2, 0) is 10.3 Å². The SMILES string of the molecule is N#CCC1(n2cc(-c3nc(-c4cnn(C5CCOCC5)c4)cc4ncccc34)cn2)CN(CC(F)(F)F)C1. The van der Waals surface area contributed by atoms with Gasteiger partial charge in [-0.05, 0) is 31.0 Å². The van der Waals surface area contributed by atoms with Crippen LogP contribution >= 0.6 is 0 Å². The molecule has 6 rings (SSSR count). The molecule has 0 atom stereocenters. The number of ether oxygens (including phenoxy) is 1. The van der Waals surface area contributed by atoms with E-state index in [4.69, 9.17) is 9.72 Å². The topological polar surface area (TPSA) is 97.7 Å². The zero-order chi connectivity index (χ0) is 26.3. The van der Waals surface area contributed by atoms with E-state index in [0.29, 0.717) is 30.2 Å².